The number of amides is 1. The average molecular weight is 270 g/mol. The molecule has 19 heavy (non-hydrogen) atoms. The molecule has 0 aliphatic carbocycles. The molecule has 1 amide bonds. The maximum absolute atomic E-state index is 12.0. The number of nitrogens with one attached hydrogen (secondary N) is 1. The van der Waals surface area contributed by atoms with Crippen molar-refractivity contribution in [3.8, 4) is 0 Å². The molecule has 112 valence electrons. The minimum Gasteiger partial charge on any atom is -0.444 e. The van der Waals surface area contributed by atoms with Crippen molar-refractivity contribution in [1.29, 1.82) is 0 Å². The van der Waals surface area contributed by atoms with Crippen LogP contribution in [0.2, 0.25) is 0 Å². The maximum Gasteiger partial charge on any atom is 0.410 e. The van der Waals surface area contributed by atoms with E-state index in [1.165, 1.54) is 0 Å². The van der Waals surface area contributed by atoms with E-state index in [0.29, 0.717) is 5.92 Å². The number of hydrogen-bond donors (Lipinski definition) is 1. The fourth-order valence-electron chi connectivity index (χ4n) is 2.47. The quantitative estimate of drug-likeness (QED) is 0.857. The van der Waals surface area contributed by atoms with Gasteiger partial charge in [-0.2, -0.15) is 0 Å². The lowest BCUT2D eigenvalue weighted by Gasteiger charge is -2.36. The van der Waals surface area contributed by atoms with E-state index in [2.05, 4.69) is 19.2 Å². The summed E-state index contributed by atoms with van der Waals surface area (Å²) in [6.45, 7) is 11.8. The molecule has 1 heterocycles. The van der Waals surface area contributed by atoms with Gasteiger partial charge in [0.25, 0.3) is 0 Å². The third-order valence-corrected chi connectivity index (χ3v) is 3.74. The largest absolute Gasteiger partial charge is 0.444 e. The first-order chi connectivity index (χ1) is 8.63. The fourth-order valence-corrected chi connectivity index (χ4v) is 2.47. The molecule has 0 bridgehead atoms. The van der Waals surface area contributed by atoms with E-state index in [9.17, 15) is 4.79 Å². The van der Waals surface area contributed by atoms with Gasteiger partial charge >= 0.3 is 6.09 Å². The Labute approximate surface area is 117 Å². The monoisotopic (exact) mass is 270 g/mol. The van der Waals surface area contributed by atoms with Crippen LogP contribution < -0.4 is 5.32 Å². The summed E-state index contributed by atoms with van der Waals surface area (Å²) in [5, 5.41) is 3.35. The highest BCUT2D eigenvalue weighted by Gasteiger charge is 2.29. The molecule has 1 aliphatic rings. The second-order valence-electron chi connectivity index (χ2n) is 7.25. The highest BCUT2D eigenvalue weighted by molar-refractivity contribution is 5.68. The molecule has 0 radical (unpaired) electrons. The Balaban J connectivity index is 2.39. The summed E-state index contributed by atoms with van der Waals surface area (Å²) in [5.41, 5.74) is -0.221. The van der Waals surface area contributed by atoms with Gasteiger partial charge < -0.3 is 15.0 Å². The summed E-state index contributed by atoms with van der Waals surface area (Å²) < 4.78 is 5.41. The number of rotatable bonds is 3. The molecule has 0 spiro atoms. The Hall–Kier alpha value is -0.770. The number of ether oxygens (including phenoxy) is 1. The Kier molecular flexibility index (Phi) is 5.25. The van der Waals surface area contributed by atoms with Crippen LogP contribution in [0.1, 0.15) is 53.9 Å². The van der Waals surface area contributed by atoms with Gasteiger partial charge in [0.2, 0.25) is 0 Å². The molecule has 0 saturated carbocycles. The van der Waals surface area contributed by atoms with Crippen molar-refractivity contribution in [2.24, 2.45) is 5.92 Å². The number of piperidine rings is 1. The summed E-state index contributed by atoms with van der Waals surface area (Å²) in [4.78, 5) is 13.8. The second kappa shape index (κ2) is 6.12. The van der Waals surface area contributed by atoms with Crippen molar-refractivity contribution in [3.05, 3.63) is 0 Å². The van der Waals surface area contributed by atoms with Crippen LogP contribution in [-0.2, 0) is 4.74 Å². The van der Waals surface area contributed by atoms with Gasteiger partial charge in [0.1, 0.15) is 5.60 Å². The summed E-state index contributed by atoms with van der Waals surface area (Å²) in [7, 11) is 2.01. The van der Waals surface area contributed by atoms with Crippen LogP contribution in [0.15, 0.2) is 0 Å². The summed E-state index contributed by atoms with van der Waals surface area (Å²) in [6, 6.07) is 0. The fraction of sp³-hybridized carbons (Fsp3) is 0.933. The smallest absolute Gasteiger partial charge is 0.410 e. The van der Waals surface area contributed by atoms with Crippen LogP contribution in [-0.4, -0.2) is 42.3 Å². The van der Waals surface area contributed by atoms with Gasteiger partial charge in [0, 0.05) is 18.6 Å². The SMILES string of the molecule is CNC(C)(C)CC1CCN(C(=O)OC(C)(C)C)CC1. The van der Waals surface area contributed by atoms with Crippen molar-refractivity contribution in [2.45, 2.75) is 65.0 Å². The van der Waals surface area contributed by atoms with Crippen molar-refractivity contribution < 1.29 is 9.53 Å². The number of likely N-dealkylation sites (tertiary alicyclic amines) is 1. The first-order valence-electron chi connectivity index (χ1n) is 7.30. The molecule has 0 aromatic rings. The predicted molar refractivity (Wildman–Crippen MR) is 78.3 cm³/mol. The Morgan fingerprint density at radius 3 is 2.16 bits per heavy atom. The number of hydrogen-bond acceptors (Lipinski definition) is 3. The van der Waals surface area contributed by atoms with Crippen molar-refractivity contribution in [3.63, 3.8) is 0 Å². The molecule has 1 saturated heterocycles. The van der Waals surface area contributed by atoms with Gasteiger partial charge in [-0.1, -0.05) is 0 Å². The zero-order chi connectivity index (χ0) is 14.7. The molecular weight excluding hydrogens is 240 g/mol. The van der Waals surface area contributed by atoms with Gasteiger partial charge in [-0.3, -0.25) is 0 Å². The van der Waals surface area contributed by atoms with Gasteiger partial charge in [-0.05, 0) is 66.8 Å². The molecule has 1 aliphatic heterocycles. The third-order valence-electron chi connectivity index (χ3n) is 3.74. The van der Waals surface area contributed by atoms with Gasteiger partial charge in [0.15, 0.2) is 0 Å². The van der Waals surface area contributed by atoms with E-state index in [0.717, 1.165) is 32.4 Å². The molecule has 0 atom stereocenters. The van der Waals surface area contributed by atoms with Crippen LogP contribution in [0, 0.1) is 5.92 Å². The van der Waals surface area contributed by atoms with Crippen molar-refractivity contribution in [1.82, 2.24) is 10.2 Å². The highest BCUT2D eigenvalue weighted by atomic mass is 16.6. The maximum atomic E-state index is 12.0. The molecule has 1 N–H and O–H groups in total. The second-order valence-corrected chi connectivity index (χ2v) is 7.25. The predicted octanol–water partition coefficient (Wildman–Crippen LogP) is 3.02. The minimum atomic E-state index is -0.401. The van der Waals surface area contributed by atoms with E-state index in [-0.39, 0.29) is 11.6 Å². The molecule has 1 rings (SSSR count). The number of carbonyl (C=O) groups is 1. The van der Waals surface area contributed by atoms with Crippen LogP contribution >= 0.6 is 0 Å². The number of carbonyl (C=O) groups excluding carboxylic acids is 1. The van der Waals surface area contributed by atoms with E-state index in [4.69, 9.17) is 4.74 Å². The molecular formula is C15H30N2O2. The average Bonchev–Trinajstić information content (AvgIpc) is 2.27. The van der Waals surface area contributed by atoms with Gasteiger partial charge in [-0.15, -0.1) is 0 Å². The number of nitrogens with zero attached hydrogens (tertiary/aromatic N) is 1. The highest BCUT2D eigenvalue weighted by Crippen LogP contribution is 2.26. The molecule has 4 nitrogen and oxygen atoms in total. The minimum absolute atomic E-state index is 0.168. The lowest BCUT2D eigenvalue weighted by atomic mass is 9.84. The van der Waals surface area contributed by atoms with Crippen LogP contribution in [0.25, 0.3) is 0 Å². The molecule has 0 aromatic carbocycles. The summed E-state index contributed by atoms with van der Waals surface area (Å²) >= 11 is 0. The van der Waals surface area contributed by atoms with Crippen LogP contribution in [0.4, 0.5) is 4.79 Å². The van der Waals surface area contributed by atoms with E-state index >= 15 is 0 Å². The Bertz CT molecular complexity index is 300. The molecule has 0 aromatic heterocycles. The molecule has 1 fully saturated rings. The zero-order valence-corrected chi connectivity index (χ0v) is 13.4. The van der Waals surface area contributed by atoms with Crippen LogP contribution in [0.3, 0.4) is 0 Å². The van der Waals surface area contributed by atoms with Gasteiger partial charge in [0.05, 0.1) is 0 Å². The lowest BCUT2D eigenvalue weighted by Crippen LogP contribution is -2.44. The van der Waals surface area contributed by atoms with Gasteiger partial charge in [-0.25, -0.2) is 4.79 Å². The lowest BCUT2D eigenvalue weighted by molar-refractivity contribution is 0.0173. The summed E-state index contributed by atoms with van der Waals surface area (Å²) in [6.07, 6.45) is 3.14. The normalized spacial score (nSPS) is 18.5. The zero-order valence-electron chi connectivity index (χ0n) is 13.4. The summed E-state index contributed by atoms with van der Waals surface area (Å²) in [5.74, 6) is 0.695. The van der Waals surface area contributed by atoms with Crippen molar-refractivity contribution >= 4 is 6.09 Å². The topological polar surface area (TPSA) is 41.6 Å². The van der Waals surface area contributed by atoms with E-state index in [1.54, 1.807) is 0 Å². The first kappa shape index (κ1) is 16.3. The van der Waals surface area contributed by atoms with E-state index < -0.39 is 5.60 Å². The third kappa shape index (κ3) is 5.81. The van der Waals surface area contributed by atoms with Crippen LogP contribution in [0.5, 0.6) is 0 Å². The Morgan fingerprint density at radius 1 is 1.21 bits per heavy atom. The van der Waals surface area contributed by atoms with Crippen molar-refractivity contribution in [2.75, 3.05) is 20.1 Å². The Morgan fingerprint density at radius 2 is 1.74 bits per heavy atom. The standard InChI is InChI=1S/C15H30N2O2/c1-14(2,3)19-13(18)17-9-7-12(8-10-17)11-15(4,5)16-6/h12,16H,7-11H2,1-6H3. The first-order valence-corrected chi connectivity index (χ1v) is 7.30. The molecule has 0 unspecified atom stereocenters. The molecule has 4 heteroatoms. The van der Waals surface area contributed by atoms with E-state index in [1.807, 2.05) is 32.7 Å².